The molecule has 1 aromatic heterocycles. The Hall–Kier alpha value is -2.77. The van der Waals surface area contributed by atoms with Crippen LogP contribution in [0.4, 0.5) is 5.13 Å². The third-order valence-electron chi connectivity index (χ3n) is 5.50. The monoisotopic (exact) mass is 438 g/mol. The van der Waals surface area contributed by atoms with Gasteiger partial charge in [-0.1, -0.05) is 50.2 Å². The summed E-state index contributed by atoms with van der Waals surface area (Å²) in [7, 11) is 0. The number of thiazole rings is 1. The fourth-order valence-electron chi connectivity index (χ4n) is 3.49. The maximum absolute atomic E-state index is 13.5. The van der Waals surface area contributed by atoms with Gasteiger partial charge in [-0.05, 0) is 43.8 Å². The third-order valence-corrected chi connectivity index (χ3v) is 6.49. The molecule has 0 bridgehead atoms. The lowest BCUT2D eigenvalue weighted by atomic mass is 10.0. The van der Waals surface area contributed by atoms with Crippen LogP contribution in [0.15, 0.2) is 42.5 Å². The number of hydrogen-bond acceptors (Lipinski definition) is 5. The second-order valence-corrected chi connectivity index (χ2v) is 8.69. The molecular weight excluding hydrogens is 408 g/mol. The van der Waals surface area contributed by atoms with E-state index in [0.29, 0.717) is 23.8 Å². The molecule has 7 heteroatoms. The topological polar surface area (TPSA) is 65.5 Å². The van der Waals surface area contributed by atoms with E-state index in [2.05, 4.69) is 29.0 Å². The minimum atomic E-state index is -0.234. The predicted molar refractivity (Wildman–Crippen MR) is 128 cm³/mol. The molecule has 1 heterocycles. The van der Waals surface area contributed by atoms with Crippen molar-refractivity contribution in [1.82, 2.24) is 14.8 Å². The van der Waals surface area contributed by atoms with Crippen molar-refractivity contribution in [3.8, 4) is 0 Å². The summed E-state index contributed by atoms with van der Waals surface area (Å²) in [5.41, 5.74) is 1.52. The zero-order chi connectivity index (χ0) is 22.4. The number of aromatic nitrogens is 1. The molecule has 1 N–H and O–H groups in total. The minimum absolute atomic E-state index is 0.0129. The highest BCUT2D eigenvalue weighted by Gasteiger charge is 2.22. The van der Waals surface area contributed by atoms with Crippen molar-refractivity contribution in [2.45, 2.75) is 27.7 Å². The van der Waals surface area contributed by atoms with Crippen molar-refractivity contribution < 1.29 is 9.59 Å². The van der Waals surface area contributed by atoms with Gasteiger partial charge in [0.05, 0.1) is 5.69 Å². The van der Waals surface area contributed by atoms with Gasteiger partial charge >= 0.3 is 0 Å². The molecule has 0 aliphatic rings. The van der Waals surface area contributed by atoms with Gasteiger partial charge in [0.1, 0.15) is 6.54 Å². The quantitative estimate of drug-likeness (QED) is 0.540. The number of fused-ring (bicyclic) bond motifs is 1. The first-order chi connectivity index (χ1) is 14.9. The number of nitrogens with zero attached hydrogens (tertiary/aromatic N) is 3. The van der Waals surface area contributed by atoms with Crippen LogP contribution in [0, 0.1) is 13.8 Å². The van der Waals surface area contributed by atoms with Gasteiger partial charge in [-0.2, -0.15) is 0 Å². The number of carbonyl (C=O) groups excluding carboxylic acids is 2. The van der Waals surface area contributed by atoms with Crippen LogP contribution in [-0.4, -0.2) is 59.3 Å². The van der Waals surface area contributed by atoms with E-state index in [4.69, 9.17) is 0 Å². The Morgan fingerprint density at radius 3 is 2.39 bits per heavy atom. The highest BCUT2D eigenvalue weighted by atomic mass is 32.1. The third kappa shape index (κ3) is 5.68. The summed E-state index contributed by atoms with van der Waals surface area (Å²) in [6.45, 7) is 11.1. The van der Waals surface area contributed by atoms with Crippen LogP contribution in [0.25, 0.3) is 10.8 Å². The Bertz CT molecular complexity index is 1030. The molecule has 0 unspecified atom stereocenters. The Balaban J connectivity index is 1.82. The number of amides is 2. The number of benzene rings is 2. The molecule has 6 nitrogen and oxygen atoms in total. The molecule has 2 amide bonds. The van der Waals surface area contributed by atoms with Crippen LogP contribution in [-0.2, 0) is 4.79 Å². The van der Waals surface area contributed by atoms with Crippen molar-refractivity contribution >= 4 is 39.1 Å². The van der Waals surface area contributed by atoms with Gasteiger partial charge in [-0.15, -0.1) is 11.3 Å². The average molecular weight is 439 g/mol. The smallest absolute Gasteiger partial charge is 0.254 e. The molecule has 31 heavy (non-hydrogen) atoms. The number of likely N-dealkylation sites (N-methyl/N-ethyl adjacent to an activating group) is 1. The maximum atomic E-state index is 13.5. The Morgan fingerprint density at radius 2 is 1.71 bits per heavy atom. The number of hydrogen-bond donors (Lipinski definition) is 1. The first kappa shape index (κ1) is 22.9. The molecule has 0 aliphatic heterocycles. The molecule has 2 aromatic carbocycles. The summed E-state index contributed by atoms with van der Waals surface area (Å²) < 4.78 is 0. The van der Waals surface area contributed by atoms with E-state index in [1.165, 1.54) is 11.3 Å². The molecule has 3 aromatic rings. The number of carbonyl (C=O) groups is 2. The van der Waals surface area contributed by atoms with Crippen LogP contribution in [0.1, 0.15) is 34.8 Å². The van der Waals surface area contributed by atoms with Gasteiger partial charge < -0.3 is 15.1 Å². The summed E-state index contributed by atoms with van der Waals surface area (Å²) in [6, 6.07) is 13.5. The number of nitrogens with one attached hydrogen (secondary N) is 1. The summed E-state index contributed by atoms with van der Waals surface area (Å²) >= 11 is 1.45. The van der Waals surface area contributed by atoms with E-state index < -0.39 is 0 Å². The summed E-state index contributed by atoms with van der Waals surface area (Å²) in [6.07, 6.45) is 0. The van der Waals surface area contributed by atoms with Gasteiger partial charge in [0.25, 0.3) is 5.91 Å². The van der Waals surface area contributed by atoms with Crippen molar-refractivity contribution in [1.29, 1.82) is 0 Å². The van der Waals surface area contributed by atoms with E-state index in [1.54, 1.807) is 4.90 Å². The molecule has 0 saturated heterocycles. The Kier molecular flexibility index (Phi) is 7.76. The second-order valence-electron chi connectivity index (χ2n) is 7.49. The summed E-state index contributed by atoms with van der Waals surface area (Å²) in [5.74, 6) is -0.368. The predicted octanol–water partition coefficient (Wildman–Crippen LogP) is 4.34. The highest BCUT2D eigenvalue weighted by Crippen LogP contribution is 2.22. The lowest BCUT2D eigenvalue weighted by Crippen LogP contribution is -2.42. The fraction of sp³-hybridized carbons (Fsp3) is 0.375. The van der Waals surface area contributed by atoms with Crippen molar-refractivity contribution in [3.63, 3.8) is 0 Å². The van der Waals surface area contributed by atoms with Crippen LogP contribution < -0.4 is 5.32 Å². The SMILES string of the molecule is CCN(CC)CCN(CC(=O)Nc1nc(C)c(C)s1)C(=O)c1cccc2ccccc12. The lowest BCUT2D eigenvalue weighted by molar-refractivity contribution is -0.116. The maximum Gasteiger partial charge on any atom is 0.254 e. The van der Waals surface area contributed by atoms with Crippen LogP contribution in [0.5, 0.6) is 0 Å². The molecule has 0 saturated carbocycles. The standard InChI is InChI=1S/C24H30N4O2S/c1-5-27(6-2)14-15-28(16-22(29)26-24-25-17(3)18(4)31-24)23(30)21-13-9-11-19-10-7-8-12-20(19)21/h7-13H,5-6,14-16H2,1-4H3,(H,25,26,29). The van der Waals surface area contributed by atoms with Gasteiger partial charge in [0.15, 0.2) is 5.13 Å². The first-order valence-corrected chi connectivity index (χ1v) is 11.5. The van der Waals surface area contributed by atoms with E-state index >= 15 is 0 Å². The lowest BCUT2D eigenvalue weighted by Gasteiger charge is -2.26. The molecule has 3 rings (SSSR count). The molecule has 164 valence electrons. The zero-order valence-corrected chi connectivity index (χ0v) is 19.5. The van der Waals surface area contributed by atoms with E-state index in [9.17, 15) is 9.59 Å². The fourth-order valence-corrected chi connectivity index (χ4v) is 4.33. The first-order valence-electron chi connectivity index (χ1n) is 10.7. The van der Waals surface area contributed by atoms with Crippen molar-refractivity contribution in [3.05, 3.63) is 58.6 Å². The number of aryl methyl sites for hydroxylation is 2. The molecule has 0 atom stereocenters. The largest absolute Gasteiger partial charge is 0.328 e. The molecular formula is C24H30N4O2S. The molecule has 0 radical (unpaired) electrons. The van der Waals surface area contributed by atoms with Crippen molar-refractivity contribution in [2.75, 3.05) is 38.0 Å². The Labute approximate surface area is 187 Å². The molecule has 0 spiro atoms. The van der Waals surface area contributed by atoms with E-state index in [-0.39, 0.29) is 18.4 Å². The van der Waals surface area contributed by atoms with E-state index in [1.807, 2.05) is 56.3 Å². The summed E-state index contributed by atoms with van der Waals surface area (Å²) in [5, 5.41) is 5.33. The van der Waals surface area contributed by atoms with Gasteiger partial charge in [-0.3, -0.25) is 9.59 Å². The number of anilines is 1. The van der Waals surface area contributed by atoms with Crippen LogP contribution >= 0.6 is 11.3 Å². The van der Waals surface area contributed by atoms with Crippen LogP contribution in [0.3, 0.4) is 0 Å². The second kappa shape index (κ2) is 10.5. The normalized spacial score (nSPS) is 11.1. The molecule has 0 aliphatic carbocycles. The van der Waals surface area contributed by atoms with Gasteiger partial charge in [0, 0.05) is 23.5 Å². The van der Waals surface area contributed by atoms with Crippen molar-refractivity contribution in [2.24, 2.45) is 0 Å². The average Bonchev–Trinajstić information content (AvgIpc) is 3.09. The highest BCUT2D eigenvalue weighted by molar-refractivity contribution is 7.15. The minimum Gasteiger partial charge on any atom is -0.328 e. The van der Waals surface area contributed by atoms with E-state index in [0.717, 1.165) is 34.4 Å². The molecule has 0 fully saturated rings. The van der Waals surface area contributed by atoms with Gasteiger partial charge in [0.2, 0.25) is 5.91 Å². The Morgan fingerprint density at radius 1 is 1.00 bits per heavy atom. The summed E-state index contributed by atoms with van der Waals surface area (Å²) in [4.78, 5) is 35.6. The van der Waals surface area contributed by atoms with Gasteiger partial charge in [-0.25, -0.2) is 4.98 Å². The zero-order valence-electron chi connectivity index (χ0n) is 18.6. The number of rotatable bonds is 9. The van der Waals surface area contributed by atoms with Crippen LogP contribution in [0.2, 0.25) is 0 Å².